The summed E-state index contributed by atoms with van der Waals surface area (Å²) in [7, 11) is 1.53. The van der Waals surface area contributed by atoms with Crippen molar-refractivity contribution in [2.24, 2.45) is 0 Å². The van der Waals surface area contributed by atoms with E-state index in [0.717, 1.165) is 11.3 Å². The molecule has 174 valence electrons. The van der Waals surface area contributed by atoms with E-state index in [1.807, 2.05) is 29.2 Å². The Labute approximate surface area is 191 Å². The molecule has 0 aromatic heterocycles. The largest absolute Gasteiger partial charge is 0.444 e. The van der Waals surface area contributed by atoms with E-state index in [9.17, 15) is 19.7 Å². The fraction of sp³-hybridized carbons (Fsp3) is 0.391. The van der Waals surface area contributed by atoms with Gasteiger partial charge in [-0.25, -0.2) is 4.79 Å². The first-order valence-electron chi connectivity index (χ1n) is 10.8. The lowest BCUT2D eigenvalue weighted by Gasteiger charge is -2.40. The molecule has 4 rings (SSSR count). The Morgan fingerprint density at radius 2 is 1.97 bits per heavy atom. The number of amides is 2. The van der Waals surface area contributed by atoms with Crippen molar-refractivity contribution in [2.75, 3.05) is 43.2 Å². The van der Waals surface area contributed by atoms with Crippen LogP contribution in [0.25, 0.3) is 0 Å². The molecule has 2 aromatic carbocycles. The number of hydrogen-bond donors (Lipinski definition) is 1. The number of carbonyl (C=O) groups excluding carboxylic acids is 2. The zero-order valence-corrected chi connectivity index (χ0v) is 18.4. The zero-order valence-electron chi connectivity index (χ0n) is 18.4. The number of para-hydroxylation sites is 1. The Balaban J connectivity index is 1.48. The van der Waals surface area contributed by atoms with E-state index in [4.69, 9.17) is 9.47 Å². The van der Waals surface area contributed by atoms with Crippen molar-refractivity contribution in [1.29, 1.82) is 0 Å². The molecule has 2 amide bonds. The van der Waals surface area contributed by atoms with Gasteiger partial charge < -0.3 is 19.7 Å². The molecule has 0 spiro atoms. The molecule has 10 heteroatoms. The van der Waals surface area contributed by atoms with Gasteiger partial charge in [0.2, 0.25) is 0 Å². The van der Waals surface area contributed by atoms with Gasteiger partial charge >= 0.3 is 6.09 Å². The lowest BCUT2D eigenvalue weighted by atomic mass is 9.99. The molecule has 0 aliphatic carbocycles. The molecular formula is C23H26N4O6. The lowest BCUT2D eigenvalue weighted by molar-refractivity contribution is -0.384. The van der Waals surface area contributed by atoms with Gasteiger partial charge in [0.25, 0.3) is 11.6 Å². The first-order valence-corrected chi connectivity index (χ1v) is 10.8. The number of nitro groups is 1. The molecule has 33 heavy (non-hydrogen) atoms. The molecular weight excluding hydrogens is 428 g/mol. The maximum Gasteiger partial charge on any atom is 0.414 e. The summed E-state index contributed by atoms with van der Waals surface area (Å²) < 4.78 is 10.2. The number of cyclic esters (lactones) is 1. The minimum atomic E-state index is -0.467. The van der Waals surface area contributed by atoms with Crippen LogP contribution in [0.15, 0.2) is 42.5 Å². The maximum absolute atomic E-state index is 12.5. The predicted molar refractivity (Wildman–Crippen MR) is 122 cm³/mol. The van der Waals surface area contributed by atoms with Crippen LogP contribution in [-0.2, 0) is 16.1 Å². The van der Waals surface area contributed by atoms with E-state index in [0.29, 0.717) is 44.8 Å². The minimum Gasteiger partial charge on any atom is -0.444 e. The normalized spacial score (nSPS) is 16.2. The highest BCUT2D eigenvalue weighted by Crippen LogP contribution is 2.35. The molecule has 2 aromatic rings. The number of anilines is 2. The molecule has 1 saturated heterocycles. The van der Waals surface area contributed by atoms with Crippen molar-refractivity contribution in [2.45, 2.75) is 25.5 Å². The third kappa shape index (κ3) is 4.75. The molecule has 1 N–H and O–H groups in total. The number of fused-ring (bicyclic) bond motifs is 1. The van der Waals surface area contributed by atoms with Crippen LogP contribution in [0.3, 0.4) is 0 Å². The number of nitrogens with zero attached hydrogens (tertiary/aromatic N) is 3. The first-order chi connectivity index (χ1) is 16.0. The summed E-state index contributed by atoms with van der Waals surface area (Å²) >= 11 is 0. The number of carbonyl (C=O) groups is 2. The van der Waals surface area contributed by atoms with E-state index < -0.39 is 4.92 Å². The van der Waals surface area contributed by atoms with Crippen LogP contribution in [0.1, 0.15) is 28.8 Å². The van der Waals surface area contributed by atoms with Crippen LogP contribution < -0.4 is 15.1 Å². The second-order valence-corrected chi connectivity index (χ2v) is 7.98. The molecule has 0 atom stereocenters. The van der Waals surface area contributed by atoms with Gasteiger partial charge in [-0.15, -0.1) is 0 Å². The highest BCUT2D eigenvalue weighted by molar-refractivity contribution is 5.96. The smallest absolute Gasteiger partial charge is 0.414 e. The summed E-state index contributed by atoms with van der Waals surface area (Å²) in [6.07, 6.45) is 0.918. The third-order valence-electron chi connectivity index (χ3n) is 6.00. The Hall–Kier alpha value is -3.66. The molecule has 2 aliphatic heterocycles. The zero-order chi connectivity index (χ0) is 23.4. The van der Waals surface area contributed by atoms with Crippen LogP contribution >= 0.6 is 0 Å². The quantitative estimate of drug-likeness (QED) is 0.388. The minimum absolute atomic E-state index is 0.0555. The van der Waals surface area contributed by atoms with Gasteiger partial charge in [-0.2, -0.15) is 0 Å². The number of rotatable bonds is 7. The summed E-state index contributed by atoms with van der Waals surface area (Å²) in [6.45, 7) is 2.02. The van der Waals surface area contributed by atoms with E-state index in [1.165, 1.54) is 13.2 Å². The van der Waals surface area contributed by atoms with Crippen LogP contribution in [0.5, 0.6) is 0 Å². The van der Waals surface area contributed by atoms with Crippen molar-refractivity contribution in [1.82, 2.24) is 5.32 Å². The van der Waals surface area contributed by atoms with Gasteiger partial charge in [0.15, 0.2) is 0 Å². The molecule has 1 fully saturated rings. The van der Waals surface area contributed by atoms with Crippen LogP contribution in [0, 0.1) is 10.1 Å². The average molecular weight is 454 g/mol. The number of ether oxygens (including phenoxy) is 2. The van der Waals surface area contributed by atoms with Crippen molar-refractivity contribution >= 4 is 29.1 Å². The van der Waals surface area contributed by atoms with Gasteiger partial charge in [-0.3, -0.25) is 19.8 Å². The maximum atomic E-state index is 12.5. The first kappa shape index (κ1) is 22.5. The molecule has 10 nitrogen and oxygen atoms in total. The molecule has 0 saturated carbocycles. The highest BCUT2D eigenvalue weighted by atomic mass is 16.6. The summed E-state index contributed by atoms with van der Waals surface area (Å²) in [5, 5.41) is 14.4. The van der Waals surface area contributed by atoms with Gasteiger partial charge in [0.1, 0.15) is 12.3 Å². The van der Waals surface area contributed by atoms with Crippen molar-refractivity contribution in [3.8, 4) is 0 Å². The number of methoxy groups -OCH3 is 1. The van der Waals surface area contributed by atoms with Crippen molar-refractivity contribution in [3.63, 3.8) is 0 Å². The van der Waals surface area contributed by atoms with Gasteiger partial charge in [-0.05, 0) is 31.0 Å². The number of nitro benzene ring substituents is 1. The molecule has 0 unspecified atom stereocenters. The third-order valence-corrected chi connectivity index (χ3v) is 6.00. The average Bonchev–Trinajstić information content (AvgIpc) is 2.84. The highest BCUT2D eigenvalue weighted by Gasteiger charge is 2.35. The monoisotopic (exact) mass is 454 g/mol. The van der Waals surface area contributed by atoms with E-state index in [2.05, 4.69) is 5.32 Å². The Morgan fingerprint density at radius 1 is 1.21 bits per heavy atom. The summed E-state index contributed by atoms with van der Waals surface area (Å²) in [5.41, 5.74) is 2.41. The number of nitrogens with one attached hydrogen (secondary N) is 1. The SMILES string of the molecule is COCCNC(=O)c1ccc(N2CCC(N3C(=O)OCc4ccccc43)CC2)c([N+](=O)[O-])c1. The Bertz CT molecular complexity index is 1050. The van der Waals surface area contributed by atoms with E-state index in [-0.39, 0.29) is 35.9 Å². The number of hydrogen-bond acceptors (Lipinski definition) is 7. The summed E-state index contributed by atoms with van der Waals surface area (Å²) in [4.78, 5) is 39.7. The second kappa shape index (κ2) is 9.86. The van der Waals surface area contributed by atoms with Crippen LogP contribution in [-0.4, -0.2) is 56.3 Å². The second-order valence-electron chi connectivity index (χ2n) is 7.98. The Morgan fingerprint density at radius 3 is 2.70 bits per heavy atom. The van der Waals surface area contributed by atoms with Gasteiger partial charge in [0, 0.05) is 50.0 Å². The van der Waals surface area contributed by atoms with Gasteiger partial charge in [-0.1, -0.05) is 18.2 Å². The molecule has 0 bridgehead atoms. The fourth-order valence-corrected chi connectivity index (χ4v) is 4.33. The molecule has 2 heterocycles. The van der Waals surface area contributed by atoms with Gasteiger partial charge in [0.05, 0.1) is 17.2 Å². The lowest BCUT2D eigenvalue weighted by Crippen LogP contribution is -2.49. The van der Waals surface area contributed by atoms with Crippen LogP contribution in [0.2, 0.25) is 0 Å². The van der Waals surface area contributed by atoms with E-state index in [1.54, 1.807) is 17.0 Å². The van der Waals surface area contributed by atoms with E-state index >= 15 is 0 Å². The number of piperidine rings is 1. The van der Waals surface area contributed by atoms with Crippen LogP contribution in [0.4, 0.5) is 21.9 Å². The standard InChI is InChI=1S/C23H26N4O6/c1-32-13-10-24-22(28)16-6-7-20(21(14-16)27(30)31)25-11-8-18(9-12-25)26-19-5-3-2-4-17(19)15-33-23(26)29/h2-7,14,18H,8-13,15H2,1H3,(H,24,28). The predicted octanol–water partition coefficient (Wildman–Crippen LogP) is 3.10. The summed E-state index contributed by atoms with van der Waals surface area (Å²) in [5.74, 6) is -0.386. The number of benzene rings is 2. The Kier molecular flexibility index (Phi) is 6.74. The fourth-order valence-electron chi connectivity index (χ4n) is 4.33. The summed E-state index contributed by atoms with van der Waals surface area (Å²) in [6, 6.07) is 12.1. The topological polar surface area (TPSA) is 114 Å². The van der Waals surface area contributed by atoms with Crippen molar-refractivity contribution in [3.05, 3.63) is 63.7 Å². The molecule has 2 aliphatic rings. The molecule has 0 radical (unpaired) electrons. The van der Waals surface area contributed by atoms with Crippen molar-refractivity contribution < 1.29 is 24.0 Å².